The Morgan fingerprint density at radius 2 is 2.24 bits per heavy atom. The molecule has 0 fully saturated rings. The fraction of sp³-hybridized carbons (Fsp3) is 0.733. The summed E-state index contributed by atoms with van der Waals surface area (Å²) in [5.74, 6) is 0. The number of hydrogen-bond acceptors (Lipinski definition) is 2. The summed E-state index contributed by atoms with van der Waals surface area (Å²) in [6.07, 6.45) is 9.40. The smallest absolute Gasteiger partial charge is 0.0302 e. The van der Waals surface area contributed by atoms with Gasteiger partial charge in [-0.05, 0) is 44.2 Å². The average molecular weight is 251 g/mol. The standard InChI is InChI=1S/C15H25NS/c1-3-4-5-7-12(2)16-11-14-10-13-8-6-9-15(13)17-14/h10,12,16H,3-9,11H2,1-2H3. The Hall–Kier alpha value is -0.340. The van der Waals surface area contributed by atoms with Crippen molar-refractivity contribution in [2.75, 3.05) is 0 Å². The minimum atomic E-state index is 0.665. The van der Waals surface area contributed by atoms with Crippen LogP contribution in [-0.2, 0) is 19.4 Å². The predicted molar refractivity (Wildman–Crippen MR) is 76.8 cm³/mol. The fourth-order valence-corrected chi connectivity index (χ4v) is 3.77. The molecule has 1 nitrogen and oxygen atoms in total. The van der Waals surface area contributed by atoms with Crippen molar-refractivity contribution in [3.8, 4) is 0 Å². The van der Waals surface area contributed by atoms with Crippen LogP contribution in [0.4, 0.5) is 0 Å². The van der Waals surface area contributed by atoms with E-state index in [4.69, 9.17) is 0 Å². The molecule has 2 rings (SSSR count). The van der Waals surface area contributed by atoms with Crippen molar-refractivity contribution in [1.29, 1.82) is 0 Å². The van der Waals surface area contributed by atoms with Gasteiger partial charge in [-0.3, -0.25) is 0 Å². The summed E-state index contributed by atoms with van der Waals surface area (Å²) < 4.78 is 0. The van der Waals surface area contributed by atoms with Gasteiger partial charge in [-0.1, -0.05) is 26.2 Å². The predicted octanol–water partition coefficient (Wildman–Crippen LogP) is 4.30. The first kappa shape index (κ1) is 13.1. The van der Waals surface area contributed by atoms with Gasteiger partial charge in [0.1, 0.15) is 0 Å². The molecule has 1 N–H and O–H groups in total. The summed E-state index contributed by atoms with van der Waals surface area (Å²) in [6.45, 7) is 5.66. The first-order chi connectivity index (χ1) is 8.29. The second-order valence-electron chi connectivity index (χ2n) is 5.29. The summed E-state index contributed by atoms with van der Waals surface area (Å²) in [5, 5.41) is 3.66. The Bertz CT molecular complexity index is 321. The maximum absolute atomic E-state index is 3.66. The molecule has 1 heterocycles. The normalized spacial score (nSPS) is 16.1. The molecule has 17 heavy (non-hydrogen) atoms. The lowest BCUT2D eigenvalue weighted by atomic mass is 10.1. The molecule has 0 radical (unpaired) electrons. The first-order valence-electron chi connectivity index (χ1n) is 7.13. The molecule has 0 aromatic carbocycles. The molecule has 96 valence electrons. The Morgan fingerprint density at radius 1 is 1.35 bits per heavy atom. The molecule has 0 spiro atoms. The largest absolute Gasteiger partial charge is 0.309 e. The van der Waals surface area contributed by atoms with Crippen molar-refractivity contribution in [2.24, 2.45) is 0 Å². The second-order valence-corrected chi connectivity index (χ2v) is 6.51. The molecule has 0 amide bonds. The zero-order chi connectivity index (χ0) is 12.1. The number of hydrogen-bond donors (Lipinski definition) is 1. The molecule has 2 heteroatoms. The van der Waals surface area contributed by atoms with Crippen LogP contribution >= 0.6 is 11.3 Å². The molecule has 1 aliphatic carbocycles. The highest BCUT2D eigenvalue weighted by atomic mass is 32.1. The van der Waals surface area contributed by atoms with Gasteiger partial charge in [-0.15, -0.1) is 11.3 Å². The van der Waals surface area contributed by atoms with Gasteiger partial charge in [0, 0.05) is 22.3 Å². The van der Waals surface area contributed by atoms with Crippen LogP contribution in [0.5, 0.6) is 0 Å². The molecule has 1 unspecified atom stereocenters. The average Bonchev–Trinajstić information content (AvgIpc) is 2.86. The zero-order valence-electron chi connectivity index (χ0n) is 11.2. The molecule has 0 saturated heterocycles. The number of unbranched alkanes of at least 4 members (excludes halogenated alkanes) is 2. The van der Waals surface area contributed by atoms with Crippen molar-refractivity contribution in [3.63, 3.8) is 0 Å². The lowest BCUT2D eigenvalue weighted by Gasteiger charge is -2.12. The lowest BCUT2D eigenvalue weighted by molar-refractivity contribution is 0.489. The monoisotopic (exact) mass is 251 g/mol. The van der Waals surface area contributed by atoms with E-state index in [1.54, 1.807) is 10.4 Å². The summed E-state index contributed by atoms with van der Waals surface area (Å²) in [7, 11) is 0. The van der Waals surface area contributed by atoms with E-state index in [0.717, 1.165) is 6.54 Å². The Labute approximate surface area is 110 Å². The highest BCUT2D eigenvalue weighted by Gasteiger charge is 2.14. The van der Waals surface area contributed by atoms with Crippen molar-refractivity contribution < 1.29 is 0 Å². The molecule has 0 bridgehead atoms. The number of rotatable bonds is 7. The maximum Gasteiger partial charge on any atom is 0.0302 e. The van der Waals surface area contributed by atoms with E-state index in [0.29, 0.717) is 6.04 Å². The summed E-state index contributed by atoms with van der Waals surface area (Å²) in [4.78, 5) is 3.19. The third-order valence-electron chi connectivity index (χ3n) is 3.66. The van der Waals surface area contributed by atoms with E-state index >= 15 is 0 Å². The molecule has 1 atom stereocenters. The first-order valence-corrected chi connectivity index (χ1v) is 7.95. The van der Waals surface area contributed by atoms with Crippen LogP contribution in [0, 0.1) is 0 Å². The highest BCUT2D eigenvalue weighted by Crippen LogP contribution is 2.30. The number of nitrogens with one attached hydrogen (secondary N) is 1. The van der Waals surface area contributed by atoms with E-state index in [9.17, 15) is 0 Å². The maximum atomic E-state index is 3.66. The molecular formula is C15H25NS. The van der Waals surface area contributed by atoms with Crippen molar-refractivity contribution in [2.45, 2.75) is 71.4 Å². The van der Waals surface area contributed by atoms with Crippen LogP contribution in [0.2, 0.25) is 0 Å². The van der Waals surface area contributed by atoms with Crippen LogP contribution in [-0.4, -0.2) is 6.04 Å². The van der Waals surface area contributed by atoms with Crippen LogP contribution < -0.4 is 5.32 Å². The summed E-state index contributed by atoms with van der Waals surface area (Å²) >= 11 is 2.03. The van der Waals surface area contributed by atoms with Crippen molar-refractivity contribution in [1.82, 2.24) is 5.32 Å². The third kappa shape index (κ3) is 3.82. The van der Waals surface area contributed by atoms with Crippen LogP contribution in [0.25, 0.3) is 0 Å². The molecule has 0 aliphatic heterocycles. The molecule has 0 saturated carbocycles. The molecule has 1 aromatic rings. The minimum Gasteiger partial charge on any atom is -0.309 e. The van der Waals surface area contributed by atoms with Gasteiger partial charge in [0.2, 0.25) is 0 Å². The van der Waals surface area contributed by atoms with Crippen molar-refractivity contribution in [3.05, 3.63) is 21.4 Å². The Balaban J connectivity index is 1.70. The highest BCUT2D eigenvalue weighted by molar-refractivity contribution is 7.12. The molecular weight excluding hydrogens is 226 g/mol. The van der Waals surface area contributed by atoms with Gasteiger partial charge < -0.3 is 5.32 Å². The number of aryl methyl sites for hydroxylation is 2. The quantitative estimate of drug-likeness (QED) is 0.713. The number of thiophene rings is 1. The van der Waals surface area contributed by atoms with Gasteiger partial charge >= 0.3 is 0 Å². The van der Waals surface area contributed by atoms with Crippen LogP contribution in [0.15, 0.2) is 6.07 Å². The summed E-state index contributed by atoms with van der Waals surface area (Å²) in [6, 6.07) is 3.09. The van der Waals surface area contributed by atoms with E-state index in [1.807, 2.05) is 11.3 Å². The van der Waals surface area contributed by atoms with Gasteiger partial charge in [0.25, 0.3) is 0 Å². The fourth-order valence-electron chi connectivity index (χ4n) is 2.56. The lowest BCUT2D eigenvalue weighted by Crippen LogP contribution is -2.24. The van der Waals surface area contributed by atoms with E-state index in [-0.39, 0.29) is 0 Å². The summed E-state index contributed by atoms with van der Waals surface area (Å²) in [5.41, 5.74) is 1.63. The minimum absolute atomic E-state index is 0.665. The Morgan fingerprint density at radius 3 is 3.00 bits per heavy atom. The molecule has 1 aromatic heterocycles. The Kier molecular flexibility index (Phi) is 5.05. The third-order valence-corrected chi connectivity index (χ3v) is 4.90. The number of fused-ring (bicyclic) bond motifs is 1. The van der Waals surface area contributed by atoms with Crippen molar-refractivity contribution >= 4 is 11.3 Å². The van der Waals surface area contributed by atoms with Gasteiger partial charge in [0.15, 0.2) is 0 Å². The second kappa shape index (κ2) is 6.55. The topological polar surface area (TPSA) is 12.0 Å². The van der Waals surface area contributed by atoms with Gasteiger partial charge in [-0.2, -0.15) is 0 Å². The SMILES string of the molecule is CCCCCC(C)NCc1cc2c(s1)CCC2. The van der Waals surface area contributed by atoms with Gasteiger partial charge in [-0.25, -0.2) is 0 Å². The van der Waals surface area contributed by atoms with Crippen LogP contribution in [0.1, 0.15) is 61.3 Å². The van der Waals surface area contributed by atoms with Crippen LogP contribution in [0.3, 0.4) is 0 Å². The van der Waals surface area contributed by atoms with E-state index < -0.39 is 0 Å². The zero-order valence-corrected chi connectivity index (χ0v) is 12.0. The van der Waals surface area contributed by atoms with E-state index in [1.165, 1.54) is 49.8 Å². The molecule has 1 aliphatic rings. The van der Waals surface area contributed by atoms with E-state index in [2.05, 4.69) is 25.2 Å². The van der Waals surface area contributed by atoms with Gasteiger partial charge in [0.05, 0.1) is 0 Å².